The van der Waals surface area contributed by atoms with Gasteiger partial charge in [-0.25, -0.2) is 0 Å². The summed E-state index contributed by atoms with van der Waals surface area (Å²) in [6.45, 7) is 5.15. The molecule has 2 atom stereocenters. The molecule has 1 aromatic carbocycles. The van der Waals surface area contributed by atoms with E-state index in [-0.39, 0.29) is 11.9 Å². The normalized spacial score (nSPS) is 27.6. The zero-order valence-corrected chi connectivity index (χ0v) is 11.6. The minimum absolute atomic E-state index is 0.0871. The lowest BCUT2D eigenvalue weighted by Crippen LogP contribution is -2.44. The van der Waals surface area contributed by atoms with Crippen LogP contribution in [0.1, 0.15) is 32.8 Å². The maximum absolute atomic E-state index is 11.4. The lowest BCUT2D eigenvalue weighted by atomic mass is 9.94. The first kappa shape index (κ1) is 13.0. The molecule has 2 aliphatic rings. The monoisotopic (exact) mass is 276 g/mol. The summed E-state index contributed by atoms with van der Waals surface area (Å²) >= 11 is 0. The molecular formula is C15H16O5. The molecule has 0 bridgehead atoms. The Morgan fingerprint density at radius 2 is 2.25 bits per heavy atom. The molecule has 0 radical (unpaired) electrons. The van der Waals surface area contributed by atoms with Crippen LogP contribution >= 0.6 is 0 Å². The summed E-state index contributed by atoms with van der Waals surface area (Å²) in [7, 11) is 0. The summed E-state index contributed by atoms with van der Waals surface area (Å²) in [4.78, 5) is 11.4. The number of hydrogen-bond acceptors (Lipinski definition) is 5. The second-order valence-electron chi connectivity index (χ2n) is 5.17. The van der Waals surface area contributed by atoms with Crippen LogP contribution in [-0.4, -0.2) is 23.2 Å². The molecule has 2 heterocycles. The maximum atomic E-state index is 11.4. The van der Waals surface area contributed by atoms with Gasteiger partial charge in [0, 0.05) is 25.0 Å². The topological polar surface area (TPSA) is 65.0 Å². The number of carbonyl (C=O) groups is 1. The van der Waals surface area contributed by atoms with E-state index < -0.39 is 11.9 Å². The van der Waals surface area contributed by atoms with E-state index in [2.05, 4.69) is 0 Å². The van der Waals surface area contributed by atoms with E-state index in [4.69, 9.17) is 14.2 Å². The van der Waals surface area contributed by atoms with Gasteiger partial charge >= 0.3 is 11.9 Å². The number of phenolic OH excluding ortho intramolecular Hbond substituents is 1. The van der Waals surface area contributed by atoms with Gasteiger partial charge in [0.05, 0.1) is 11.7 Å². The summed E-state index contributed by atoms with van der Waals surface area (Å²) in [6, 6.07) is 4.88. The Balaban J connectivity index is 2.15. The van der Waals surface area contributed by atoms with Gasteiger partial charge in [0.2, 0.25) is 0 Å². The van der Waals surface area contributed by atoms with Crippen molar-refractivity contribution in [2.24, 2.45) is 0 Å². The van der Waals surface area contributed by atoms with Gasteiger partial charge in [-0.2, -0.15) is 0 Å². The zero-order chi connectivity index (χ0) is 14.5. The van der Waals surface area contributed by atoms with Crippen molar-refractivity contribution in [3.63, 3.8) is 0 Å². The third kappa shape index (κ3) is 1.86. The van der Waals surface area contributed by atoms with Crippen LogP contribution in [0, 0.1) is 0 Å². The largest absolute Gasteiger partial charge is 0.508 e. The second kappa shape index (κ2) is 4.24. The van der Waals surface area contributed by atoms with Crippen LogP contribution in [0.5, 0.6) is 11.5 Å². The molecule has 1 aromatic rings. The number of fused-ring (bicyclic) bond motifs is 2. The highest BCUT2D eigenvalue weighted by Gasteiger charge is 2.53. The molecule has 0 aliphatic carbocycles. The number of phenols is 1. The predicted molar refractivity (Wildman–Crippen MR) is 71.0 cm³/mol. The van der Waals surface area contributed by atoms with E-state index >= 15 is 0 Å². The van der Waals surface area contributed by atoms with Crippen LogP contribution in [0.15, 0.2) is 23.8 Å². The van der Waals surface area contributed by atoms with E-state index in [1.54, 1.807) is 12.1 Å². The zero-order valence-electron chi connectivity index (χ0n) is 11.6. The molecule has 0 spiro atoms. The summed E-state index contributed by atoms with van der Waals surface area (Å²) in [5.41, 5.74) is 2.65. The molecule has 106 valence electrons. The highest BCUT2D eigenvalue weighted by atomic mass is 16.9. The molecule has 1 N–H and O–H groups in total. The fourth-order valence-corrected chi connectivity index (χ4v) is 2.77. The predicted octanol–water partition coefficient (Wildman–Crippen LogP) is 2.58. The van der Waals surface area contributed by atoms with E-state index in [9.17, 15) is 9.90 Å². The van der Waals surface area contributed by atoms with E-state index in [0.717, 1.165) is 16.7 Å². The van der Waals surface area contributed by atoms with Crippen molar-refractivity contribution in [1.29, 1.82) is 0 Å². The van der Waals surface area contributed by atoms with Crippen LogP contribution in [0.25, 0.3) is 5.57 Å². The third-order valence-corrected chi connectivity index (χ3v) is 3.56. The fraction of sp³-hybridized carbons (Fsp3) is 0.400. The highest BCUT2D eigenvalue weighted by molar-refractivity contribution is 5.77. The Hall–Kier alpha value is -2.01. The fourth-order valence-electron chi connectivity index (χ4n) is 2.77. The molecule has 2 aliphatic heterocycles. The van der Waals surface area contributed by atoms with Gasteiger partial charge in [-0.3, -0.25) is 4.79 Å². The van der Waals surface area contributed by atoms with Gasteiger partial charge in [-0.1, -0.05) is 0 Å². The average Bonchev–Trinajstić information content (AvgIpc) is 2.64. The number of esters is 1. The standard InChI is InChI=1S/C15H16O5/c1-8-6-13-9(2)12-5-4-11(17)7-14(12)20-15(13,18-8)19-10(3)16/h4-5,7-8,17H,6H2,1-3H3/t8-,15-/m1/s1. The molecule has 0 saturated carbocycles. The Morgan fingerprint density at radius 1 is 1.50 bits per heavy atom. The van der Waals surface area contributed by atoms with Crippen molar-refractivity contribution in [3.05, 3.63) is 29.3 Å². The maximum Gasteiger partial charge on any atom is 0.400 e. The summed E-state index contributed by atoms with van der Waals surface area (Å²) < 4.78 is 16.8. The minimum Gasteiger partial charge on any atom is -0.508 e. The van der Waals surface area contributed by atoms with Gasteiger partial charge in [0.25, 0.3) is 0 Å². The Bertz CT molecular complexity index is 619. The van der Waals surface area contributed by atoms with Crippen LogP contribution in [0.4, 0.5) is 0 Å². The molecule has 0 unspecified atom stereocenters. The quantitative estimate of drug-likeness (QED) is 0.799. The van der Waals surface area contributed by atoms with Gasteiger partial charge in [-0.05, 0) is 31.6 Å². The van der Waals surface area contributed by atoms with Gasteiger partial charge in [0.15, 0.2) is 0 Å². The van der Waals surface area contributed by atoms with Crippen LogP contribution in [0.2, 0.25) is 0 Å². The molecule has 5 heteroatoms. The Kier molecular flexibility index (Phi) is 2.76. The average molecular weight is 276 g/mol. The molecule has 0 aromatic heterocycles. The summed E-state index contributed by atoms with van der Waals surface area (Å²) in [5.74, 6) is -1.44. The number of rotatable bonds is 1. The number of allylic oxidation sites excluding steroid dienone is 1. The van der Waals surface area contributed by atoms with Crippen LogP contribution in [-0.2, 0) is 14.3 Å². The number of hydrogen-bond donors (Lipinski definition) is 1. The van der Waals surface area contributed by atoms with Crippen LogP contribution in [0.3, 0.4) is 0 Å². The highest BCUT2D eigenvalue weighted by Crippen LogP contribution is 2.49. The molecule has 20 heavy (non-hydrogen) atoms. The second-order valence-corrected chi connectivity index (χ2v) is 5.17. The summed E-state index contributed by atoms with van der Waals surface area (Å²) in [5, 5.41) is 9.59. The first-order valence-electron chi connectivity index (χ1n) is 6.51. The van der Waals surface area contributed by atoms with Gasteiger partial charge in [-0.15, -0.1) is 0 Å². The van der Waals surface area contributed by atoms with Crippen molar-refractivity contribution >= 4 is 11.5 Å². The lowest BCUT2D eigenvalue weighted by Gasteiger charge is -2.34. The molecule has 3 rings (SSSR count). The molecule has 1 saturated heterocycles. The molecule has 1 fully saturated rings. The van der Waals surface area contributed by atoms with Crippen LogP contribution < -0.4 is 4.74 Å². The van der Waals surface area contributed by atoms with Crippen molar-refractivity contribution in [2.75, 3.05) is 0 Å². The molecule has 5 nitrogen and oxygen atoms in total. The van der Waals surface area contributed by atoms with E-state index in [1.807, 2.05) is 13.8 Å². The first-order chi connectivity index (χ1) is 9.41. The van der Waals surface area contributed by atoms with E-state index in [0.29, 0.717) is 12.2 Å². The number of aromatic hydroxyl groups is 1. The number of ether oxygens (including phenoxy) is 3. The van der Waals surface area contributed by atoms with Crippen molar-refractivity contribution in [3.8, 4) is 11.5 Å². The SMILES string of the molecule is CC(=O)O[C@@]12Oc3cc(O)ccc3C(C)=C1C[C@@H](C)O2. The lowest BCUT2D eigenvalue weighted by molar-refractivity contribution is -0.295. The first-order valence-corrected chi connectivity index (χ1v) is 6.51. The van der Waals surface area contributed by atoms with Gasteiger partial charge < -0.3 is 19.3 Å². The third-order valence-electron chi connectivity index (χ3n) is 3.56. The van der Waals surface area contributed by atoms with E-state index in [1.165, 1.54) is 13.0 Å². The van der Waals surface area contributed by atoms with Crippen molar-refractivity contribution < 1.29 is 24.1 Å². The van der Waals surface area contributed by atoms with Crippen molar-refractivity contribution in [2.45, 2.75) is 39.3 Å². The van der Waals surface area contributed by atoms with Gasteiger partial charge in [0.1, 0.15) is 11.5 Å². The molecule has 0 amide bonds. The smallest absolute Gasteiger partial charge is 0.400 e. The molecular weight excluding hydrogens is 260 g/mol. The summed E-state index contributed by atoms with van der Waals surface area (Å²) in [6.07, 6.45) is 0.529. The minimum atomic E-state index is -1.49. The van der Waals surface area contributed by atoms with Crippen molar-refractivity contribution in [1.82, 2.24) is 0 Å². The number of benzene rings is 1. The number of carbonyl (C=O) groups excluding carboxylic acids is 1. The Morgan fingerprint density at radius 3 is 2.95 bits per heavy atom. The Labute approximate surface area is 116 Å².